The van der Waals surface area contributed by atoms with Crippen molar-refractivity contribution in [3.63, 3.8) is 0 Å². The van der Waals surface area contributed by atoms with Gasteiger partial charge < -0.3 is 0 Å². The maximum Gasteiger partial charge on any atom is 0.351 e. The SMILES string of the molecule is O=S(=O)(CF)S(=O)(=O)C(F)F. The molecule has 0 saturated carbocycles. The van der Waals surface area contributed by atoms with Crippen LogP contribution in [0.25, 0.3) is 0 Å². The maximum atomic E-state index is 11.4. The van der Waals surface area contributed by atoms with Gasteiger partial charge in [-0.2, -0.15) is 8.78 Å². The predicted molar refractivity (Wildman–Crippen MR) is 29.8 cm³/mol. The van der Waals surface area contributed by atoms with Crippen LogP contribution < -0.4 is 0 Å². The number of hydrogen-bond acceptors (Lipinski definition) is 4. The van der Waals surface area contributed by atoms with Gasteiger partial charge in [0.05, 0.1) is 0 Å². The maximum absolute atomic E-state index is 11.4. The molecule has 0 heterocycles. The van der Waals surface area contributed by atoms with Gasteiger partial charge in [-0.3, -0.25) is 0 Å². The Morgan fingerprint density at radius 3 is 1.55 bits per heavy atom. The van der Waals surface area contributed by atoms with E-state index in [1.165, 1.54) is 0 Å². The second-order valence-electron chi connectivity index (χ2n) is 1.42. The van der Waals surface area contributed by atoms with Crippen molar-refractivity contribution in [1.29, 1.82) is 0 Å². The van der Waals surface area contributed by atoms with E-state index < -0.39 is 29.5 Å². The van der Waals surface area contributed by atoms with Crippen molar-refractivity contribution in [3.8, 4) is 0 Å². The molecule has 0 aromatic rings. The van der Waals surface area contributed by atoms with Crippen LogP contribution in [-0.2, 0) is 17.7 Å². The fourth-order valence-electron chi connectivity index (χ4n) is 0.173. The van der Waals surface area contributed by atoms with Crippen molar-refractivity contribution in [3.05, 3.63) is 0 Å². The lowest BCUT2D eigenvalue weighted by molar-refractivity contribution is 0.238. The first-order valence-corrected chi connectivity index (χ1v) is 5.78. The predicted octanol–water partition coefficient (Wildman–Crippen LogP) is -0.119. The van der Waals surface area contributed by atoms with Crippen LogP contribution in [0.2, 0.25) is 0 Å². The summed E-state index contributed by atoms with van der Waals surface area (Å²) < 4.78 is 74.1. The molecule has 0 aliphatic rings. The van der Waals surface area contributed by atoms with Gasteiger partial charge in [0.1, 0.15) is 0 Å². The summed E-state index contributed by atoms with van der Waals surface area (Å²) in [5, 5.41) is 0. The zero-order chi connectivity index (χ0) is 9.28. The molecule has 0 amide bonds. The number of halogens is 3. The Hall–Kier alpha value is -0.310. The smallest absolute Gasteiger partial charge is 0.232 e. The highest BCUT2D eigenvalue weighted by Gasteiger charge is 2.38. The Kier molecular flexibility index (Phi) is 2.89. The standard InChI is InChI=1S/C2H3F3O4S2/c3-1-10(6,7)11(8,9)2(4)5/h2H,1H2. The van der Waals surface area contributed by atoms with Crippen LogP contribution in [0.4, 0.5) is 13.2 Å². The highest BCUT2D eigenvalue weighted by Crippen LogP contribution is 2.13. The van der Waals surface area contributed by atoms with Crippen LogP contribution in [0.5, 0.6) is 0 Å². The van der Waals surface area contributed by atoms with Gasteiger partial charge in [-0.05, 0) is 0 Å². The van der Waals surface area contributed by atoms with Crippen molar-refractivity contribution >= 4 is 17.7 Å². The fraction of sp³-hybridized carbons (Fsp3) is 1.00. The first-order chi connectivity index (χ1) is 4.75. The Morgan fingerprint density at radius 2 is 1.45 bits per heavy atom. The molecular formula is C2H3F3O4S2. The molecule has 4 nitrogen and oxygen atoms in total. The molecule has 0 rings (SSSR count). The van der Waals surface area contributed by atoms with E-state index in [0.717, 1.165) is 0 Å². The minimum absolute atomic E-state index is 2.33. The second kappa shape index (κ2) is 2.97. The number of hydrogen-bond donors (Lipinski definition) is 0. The van der Waals surface area contributed by atoms with Crippen LogP contribution in [-0.4, -0.2) is 28.6 Å². The molecule has 9 heteroatoms. The van der Waals surface area contributed by atoms with Crippen LogP contribution in [0, 0.1) is 0 Å². The Balaban J connectivity index is 5.22. The van der Waals surface area contributed by atoms with Gasteiger partial charge in [0.15, 0.2) is 0 Å². The summed E-state index contributed by atoms with van der Waals surface area (Å²) in [6.07, 6.45) is 0. The molecule has 0 saturated heterocycles. The molecule has 0 aromatic heterocycles. The lowest BCUT2D eigenvalue weighted by Gasteiger charge is -1.98. The topological polar surface area (TPSA) is 68.3 Å². The van der Waals surface area contributed by atoms with Crippen molar-refractivity contribution in [1.82, 2.24) is 0 Å². The lowest BCUT2D eigenvalue weighted by Crippen LogP contribution is -2.23. The van der Waals surface area contributed by atoms with Gasteiger partial charge in [-0.15, -0.1) is 0 Å². The minimum Gasteiger partial charge on any atom is -0.232 e. The largest absolute Gasteiger partial charge is 0.351 e. The average molecular weight is 212 g/mol. The highest BCUT2D eigenvalue weighted by atomic mass is 33.2. The van der Waals surface area contributed by atoms with E-state index >= 15 is 0 Å². The second-order valence-corrected chi connectivity index (χ2v) is 7.01. The molecule has 0 bridgehead atoms. The van der Waals surface area contributed by atoms with E-state index in [1.54, 1.807) is 0 Å². The zero-order valence-corrected chi connectivity index (χ0v) is 6.50. The van der Waals surface area contributed by atoms with Gasteiger partial charge in [-0.1, -0.05) is 0 Å². The summed E-state index contributed by atoms with van der Waals surface area (Å²) in [4.78, 5) is 0. The van der Waals surface area contributed by atoms with E-state index in [0.29, 0.717) is 0 Å². The van der Waals surface area contributed by atoms with Gasteiger partial charge in [-0.25, -0.2) is 21.2 Å². The van der Waals surface area contributed by atoms with Crippen molar-refractivity contribution in [2.24, 2.45) is 0 Å². The van der Waals surface area contributed by atoms with Crippen LogP contribution >= 0.6 is 0 Å². The van der Waals surface area contributed by atoms with Gasteiger partial charge in [0.25, 0.3) is 8.87 Å². The molecule has 11 heavy (non-hydrogen) atoms. The normalized spacial score (nSPS) is 13.8. The summed E-state index contributed by atoms with van der Waals surface area (Å²) >= 11 is 0. The molecule has 0 N–H and O–H groups in total. The molecular weight excluding hydrogens is 209 g/mol. The molecule has 0 unspecified atom stereocenters. The molecule has 0 fully saturated rings. The van der Waals surface area contributed by atoms with Crippen molar-refractivity contribution in [2.75, 3.05) is 6.01 Å². The third-order valence-corrected chi connectivity index (χ3v) is 4.94. The number of rotatable bonds is 3. The molecule has 0 aromatic carbocycles. The third-order valence-electron chi connectivity index (χ3n) is 0.706. The minimum atomic E-state index is -5.66. The molecule has 0 atom stereocenters. The van der Waals surface area contributed by atoms with E-state index in [-0.39, 0.29) is 0 Å². The summed E-state index contributed by atoms with van der Waals surface area (Å²) in [6.45, 7) is 0. The third kappa shape index (κ3) is 1.83. The van der Waals surface area contributed by atoms with Gasteiger partial charge >= 0.3 is 14.6 Å². The first-order valence-electron chi connectivity index (χ1n) is 2.06. The number of alkyl halides is 3. The van der Waals surface area contributed by atoms with Crippen molar-refractivity contribution in [2.45, 2.75) is 5.76 Å². The van der Waals surface area contributed by atoms with Crippen LogP contribution in [0.3, 0.4) is 0 Å². The molecule has 0 radical (unpaired) electrons. The monoisotopic (exact) mass is 212 g/mol. The van der Waals surface area contributed by atoms with Gasteiger partial charge in [0.2, 0.25) is 6.01 Å². The summed E-state index contributed by atoms with van der Waals surface area (Å²) in [5.74, 6) is -4.09. The Morgan fingerprint density at radius 1 is 1.09 bits per heavy atom. The van der Waals surface area contributed by atoms with E-state index in [1.807, 2.05) is 0 Å². The fourth-order valence-corrected chi connectivity index (χ4v) is 1.56. The first kappa shape index (κ1) is 10.7. The molecule has 0 aliphatic carbocycles. The summed E-state index contributed by atoms with van der Waals surface area (Å²) in [7, 11) is -11.0. The molecule has 68 valence electrons. The van der Waals surface area contributed by atoms with Gasteiger partial charge in [0, 0.05) is 0 Å². The molecule has 0 spiro atoms. The van der Waals surface area contributed by atoms with E-state index in [4.69, 9.17) is 0 Å². The van der Waals surface area contributed by atoms with Crippen molar-refractivity contribution < 1.29 is 30.0 Å². The zero-order valence-electron chi connectivity index (χ0n) is 4.87. The van der Waals surface area contributed by atoms with Crippen LogP contribution in [0.1, 0.15) is 0 Å². The van der Waals surface area contributed by atoms with Crippen LogP contribution in [0.15, 0.2) is 0 Å². The average Bonchev–Trinajstić information content (AvgIpc) is 1.87. The van der Waals surface area contributed by atoms with E-state index in [9.17, 15) is 30.0 Å². The summed E-state index contributed by atoms with van der Waals surface area (Å²) in [5.41, 5.74) is 0. The highest BCUT2D eigenvalue weighted by molar-refractivity contribution is 8.67. The Labute approximate surface area is 60.3 Å². The quantitative estimate of drug-likeness (QED) is 0.611. The van der Waals surface area contributed by atoms with E-state index in [2.05, 4.69) is 0 Å². The summed E-state index contributed by atoms with van der Waals surface area (Å²) in [6, 6.07) is -2.33. The molecule has 0 aliphatic heterocycles. The lowest BCUT2D eigenvalue weighted by atomic mass is 11.7. The Bertz CT molecular complexity index is 313.